The van der Waals surface area contributed by atoms with Gasteiger partial charge >= 0.3 is 5.97 Å². The Kier molecular flexibility index (Phi) is 5.00. The lowest BCUT2D eigenvalue weighted by atomic mass is 10.2. The molecule has 0 saturated heterocycles. The lowest BCUT2D eigenvalue weighted by molar-refractivity contribution is 0.0486. The Hall–Kier alpha value is -2.49. The Bertz CT molecular complexity index is 534. The topological polar surface area (TPSA) is 55.8 Å². The molecular formula is C16H16O4. The minimum absolute atomic E-state index is 0.123. The highest BCUT2D eigenvalue weighted by atomic mass is 16.5. The van der Waals surface area contributed by atoms with E-state index in [-0.39, 0.29) is 5.75 Å². The van der Waals surface area contributed by atoms with Crippen molar-refractivity contribution in [2.45, 2.75) is 6.42 Å². The van der Waals surface area contributed by atoms with Crippen LogP contribution in [0.2, 0.25) is 0 Å². The molecule has 4 nitrogen and oxygen atoms in total. The van der Waals surface area contributed by atoms with Crippen molar-refractivity contribution >= 4 is 5.97 Å². The van der Waals surface area contributed by atoms with Crippen LogP contribution in [0.3, 0.4) is 0 Å². The predicted molar refractivity (Wildman–Crippen MR) is 74.9 cm³/mol. The average molecular weight is 272 g/mol. The zero-order valence-corrected chi connectivity index (χ0v) is 11.0. The SMILES string of the molecule is O=C(OCCCOc1ccccc1)c1ccc(O)cc1. The van der Waals surface area contributed by atoms with Crippen LogP contribution in [0.4, 0.5) is 0 Å². The maximum absolute atomic E-state index is 11.6. The predicted octanol–water partition coefficient (Wildman–Crippen LogP) is 3.02. The van der Waals surface area contributed by atoms with Crippen molar-refractivity contribution in [2.75, 3.05) is 13.2 Å². The molecule has 0 saturated carbocycles. The van der Waals surface area contributed by atoms with Crippen LogP contribution in [-0.4, -0.2) is 24.3 Å². The Morgan fingerprint density at radius 1 is 0.950 bits per heavy atom. The van der Waals surface area contributed by atoms with Crippen LogP contribution < -0.4 is 4.74 Å². The Balaban J connectivity index is 1.66. The van der Waals surface area contributed by atoms with Gasteiger partial charge in [0.05, 0.1) is 18.8 Å². The third-order valence-electron chi connectivity index (χ3n) is 2.64. The van der Waals surface area contributed by atoms with Crippen molar-refractivity contribution < 1.29 is 19.4 Å². The molecule has 0 bridgehead atoms. The number of hydrogen-bond acceptors (Lipinski definition) is 4. The maximum Gasteiger partial charge on any atom is 0.338 e. The second-order valence-electron chi connectivity index (χ2n) is 4.20. The van der Waals surface area contributed by atoms with Gasteiger partial charge in [0.1, 0.15) is 11.5 Å². The van der Waals surface area contributed by atoms with Gasteiger partial charge < -0.3 is 14.6 Å². The van der Waals surface area contributed by atoms with Crippen molar-refractivity contribution in [3.63, 3.8) is 0 Å². The highest BCUT2D eigenvalue weighted by Crippen LogP contribution is 2.11. The summed E-state index contributed by atoms with van der Waals surface area (Å²) in [5, 5.41) is 9.12. The van der Waals surface area contributed by atoms with Gasteiger partial charge in [0.25, 0.3) is 0 Å². The van der Waals surface area contributed by atoms with Gasteiger partial charge in [-0.05, 0) is 36.4 Å². The lowest BCUT2D eigenvalue weighted by Crippen LogP contribution is -2.09. The molecule has 0 amide bonds. The van der Waals surface area contributed by atoms with Crippen LogP contribution in [0, 0.1) is 0 Å². The molecule has 4 heteroatoms. The molecule has 0 radical (unpaired) electrons. The second kappa shape index (κ2) is 7.19. The van der Waals surface area contributed by atoms with Crippen LogP contribution >= 0.6 is 0 Å². The van der Waals surface area contributed by atoms with Crippen LogP contribution in [-0.2, 0) is 4.74 Å². The molecule has 0 aliphatic heterocycles. The molecule has 0 spiro atoms. The van der Waals surface area contributed by atoms with Crippen molar-refractivity contribution in [1.29, 1.82) is 0 Å². The monoisotopic (exact) mass is 272 g/mol. The van der Waals surface area contributed by atoms with Gasteiger partial charge in [-0.15, -0.1) is 0 Å². The molecule has 0 unspecified atom stereocenters. The highest BCUT2D eigenvalue weighted by molar-refractivity contribution is 5.89. The molecule has 104 valence electrons. The van der Waals surface area contributed by atoms with Gasteiger partial charge in [0.15, 0.2) is 0 Å². The Morgan fingerprint density at radius 3 is 2.35 bits per heavy atom. The summed E-state index contributed by atoms with van der Waals surface area (Å²) in [6, 6.07) is 15.4. The molecule has 2 rings (SSSR count). The number of para-hydroxylation sites is 1. The molecule has 0 fully saturated rings. The lowest BCUT2D eigenvalue weighted by Gasteiger charge is -2.07. The molecule has 1 N–H and O–H groups in total. The molecular weight excluding hydrogens is 256 g/mol. The zero-order chi connectivity index (χ0) is 14.2. The molecule has 2 aromatic carbocycles. The molecule has 0 heterocycles. The van der Waals surface area contributed by atoms with Crippen LogP contribution in [0.1, 0.15) is 16.8 Å². The van der Waals surface area contributed by atoms with Gasteiger partial charge in [-0.1, -0.05) is 18.2 Å². The van der Waals surface area contributed by atoms with Crippen molar-refractivity contribution in [3.8, 4) is 11.5 Å². The van der Waals surface area contributed by atoms with Crippen LogP contribution in [0.25, 0.3) is 0 Å². The van der Waals surface area contributed by atoms with Gasteiger partial charge in [0, 0.05) is 6.42 Å². The normalized spacial score (nSPS) is 10.0. The first-order valence-electron chi connectivity index (χ1n) is 6.40. The molecule has 2 aromatic rings. The van der Waals surface area contributed by atoms with Gasteiger partial charge in [-0.25, -0.2) is 4.79 Å². The van der Waals surface area contributed by atoms with E-state index in [1.807, 2.05) is 30.3 Å². The Labute approximate surface area is 117 Å². The van der Waals surface area contributed by atoms with E-state index in [0.717, 1.165) is 5.75 Å². The van der Waals surface area contributed by atoms with E-state index in [1.165, 1.54) is 24.3 Å². The minimum Gasteiger partial charge on any atom is -0.508 e. The number of phenolic OH excluding ortho intramolecular Hbond substituents is 1. The number of rotatable bonds is 6. The van der Waals surface area contributed by atoms with Crippen LogP contribution in [0.5, 0.6) is 11.5 Å². The fraction of sp³-hybridized carbons (Fsp3) is 0.188. The highest BCUT2D eigenvalue weighted by Gasteiger charge is 2.06. The summed E-state index contributed by atoms with van der Waals surface area (Å²) >= 11 is 0. The first kappa shape index (κ1) is 13.9. The largest absolute Gasteiger partial charge is 0.508 e. The summed E-state index contributed by atoms with van der Waals surface area (Å²) in [6.07, 6.45) is 0.624. The number of aromatic hydroxyl groups is 1. The number of esters is 1. The number of hydrogen-bond donors (Lipinski definition) is 1. The molecule has 0 aliphatic rings. The standard InChI is InChI=1S/C16H16O4/c17-14-9-7-13(8-10-14)16(18)20-12-4-11-19-15-5-2-1-3-6-15/h1-3,5-10,17H,4,11-12H2. The molecule has 0 atom stereocenters. The summed E-state index contributed by atoms with van der Waals surface area (Å²) in [5.74, 6) is 0.528. The number of carbonyl (C=O) groups is 1. The Morgan fingerprint density at radius 2 is 1.65 bits per heavy atom. The van der Waals surface area contributed by atoms with E-state index in [2.05, 4.69) is 0 Å². The average Bonchev–Trinajstić information content (AvgIpc) is 2.48. The zero-order valence-electron chi connectivity index (χ0n) is 11.0. The van der Waals surface area contributed by atoms with Crippen LogP contribution in [0.15, 0.2) is 54.6 Å². The van der Waals surface area contributed by atoms with E-state index < -0.39 is 5.97 Å². The van der Waals surface area contributed by atoms with Crippen molar-refractivity contribution in [2.24, 2.45) is 0 Å². The molecule has 0 aliphatic carbocycles. The summed E-state index contributed by atoms with van der Waals surface area (Å²) in [6.45, 7) is 0.791. The summed E-state index contributed by atoms with van der Waals surface area (Å²) in [7, 11) is 0. The number of phenols is 1. The third-order valence-corrected chi connectivity index (χ3v) is 2.64. The van der Waals surface area contributed by atoms with Gasteiger partial charge in [0.2, 0.25) is 0 Å². The van der Waals surface area contributed by atoms with E-state index in [9.17, 15) is 4.79 Å². The van der Waals surface area contributed by atoms with E-state index >= 15 is 0 Å². The van der Waals surface area contributed by atoms with E-state index in [0.29, 0.717) is 25.2 Å². The quantitative estimate of drug-likeness (QED) is 0.648. The van der Waals surface area contributed by atoms with E-state index in [4.69, 9.17) is 14.6 Å². The molecule has 0 aromatic heterocycles. The first-order valence-corrected chi connectivity index (χ1v) is 6.40. The minimum atomic E-state index is -0.398. The number of carbonyl (C=O) groups excluding carboxylic acids is 1. The first-order chi connectivity index (χ1) is 9.75. The summed E-state index contributed by atoms with van der Waals surface area (Å²) < 4.78 is 10.6. The smallest absolute Gasteiger partial charge is 0.338 e. The summed E-state index contributed by atoms with van der Waals surface area (Å²) in [5.41, 5.74) is 0.423. The van der Waals surface area contributed by atoms with Crippen molar-refractivity contribution in [3.05, 3.63) is 60.2 Å². The number of benzene rings is 2. The van der Waals surface area contributed by atoms with Gasteiger partial charge in [-0.3, -0.25) is 0 Å². The van der Waals surface area contributed by atoms with Crippen molar-refractivity contribution in [1.82, 2.24) is 0 Å². The van der Waals surface area contributed by atoms with E-state index in [1.54, 1.807) is 0 Å². The number of ether oxygens (including phenoxy) is 2. The summed E-state index contributed by atoms with van der Waals surface area (Å²) in [4.78, 5) is 11.6. The molecule has 20 heavy (non-hydrogen) atoms. The fourth-order valence-corrected chi connectivity index (χ4v) is 1.61. The maximum atomic E-state index is 11.6. The fourth-order valence-electron chi connectivity index (χ4n) is 1.61. The second-order valence-corrected chi connectivity index (χ2v) is 4.20. The third kappa shape index (κ3) is 4.31. The van der Waals surface area contributed by atoms with Gasteiger partial charge in [-0.2, -0.15) is 0 Å².